The Labute approximate surface area is 172 Å². The van der Waals surface area contributed by atoms with Crippen LogP contribution in [0.25, 0.3) is 10.9 Å². The zero-order valence-electron chi connectivity index (χ0n) is 15.9. The second kappa shape index (κ2) is 8.83. The minimum Gasteiger partial charge on any atom is -0.451 e. The van der Waals surface area contributed by atoms with Crippen LogP contribution in [0.2, 0.25) is 0 Å². The molecule has 0 aliphatic heterocycles. The van der Waals surface area contributed by atoms with Crippen molar-refractivity contribution in [1.29, 1.82) is 0 Å². The van der Waals surface area contributed by atoms with Crippen LogP contribution in [-0.2, 0) is 9.53 Å². The van der Waals surface area contributed by atoms with Gasteiger partial charge in [0.15, 0.2) is 6.61 Å². The van der Waals surface area contributed by atoms with E-state index in [0.29, 0.717) is 17.1 Å². The molecule has 3 aromatic carbocycles. The SMILES string of the molecule is O=C(COC(=O)c1cc2ccccc2[nH]1)Nc1ccc(N=Nc2ccccc2)cc1. The predicted molar refractivity (Wildman–Crippen MR) is 114 cm³/mol. The van der Waals surface area contributed by atoms with E-state index in [1.54, 1.807) is 30.3 Å². The molecule has 0 aliphatic carbocycles. The average Bonchev–Trinajstić information content (AvgIpc) is 3.22. The van der Waals surface area contributed by atoms with Crippen LogP contribution in [0.3, 0.4) is 0 Å². The Morgan fingerprint density at radius 2 is 1.50 bits per heavy atom. The van der Waals surface area contributed by atoms with E-state index in [2.05, 4.69) is 20.5 Å². The lowest BCUT2D eigenvalue weighted by Gasteiger charge is -2.06. The number of anilines is 1. The standard InChI is InChI=1S/C23H18N4O3/c28-22(15-30-23(29)21-14-16-6-4-5-9-20(16)25-21)24-17-10-12-19(13-11-17)27-26-18-7-2-1-3-8-18/h1-14,25H,15H2,(H,24,28). The zero-order valence-corrected chi connectivity index (χ0v) is 15.9. The van der Waals surface area contributed by atoms with Crippen molar-refractivity contribution in [3.63, 3.8) is 0 Å². The molecule has 0 unspecified atom stereocenters. The Morgan fingerprint density at radius 3 is 2.23 bits per heavy atom. The van der Waals surface area contributed by atoms with Crippen molar-refractivity contribution in [2.24, 2.45) is 10.2 Å². The second-order valence-electron chi connectivity index (χ2n) is 6.48. The smallest absolute Gasteiger partial charge is 0.355 e. The summed E-state index contributed by atoms with van der Waals surface area (Å²) in [4.78, 5) is 27.2. The summed E-state index contributed by atoms with van der Waals surface area (Å²) in [6.07, 6.45) is 0. The first kappa shape index (κ1) is 19.1. The van der Waals surface area contributed by atoms with Crippen LogP contribution in [0.15, 0.2) is 95.2 Å². The fraction of sp³-hybridized carbons (Fsp3) is 0.0435. The number of amides is 1. The fourth-order valence-electron chi connectivity index (χ4n) is 2.81. The topological polar surface area (TPSA) is 95.9 Å². The quantitative estimate of drug-likeness (QED) is 0.337. The van der Waals surface area contributed by atoms with Crippen LogP contribution in [-0.4, -0.2) is 23.5 Å². The van der Waals surface area contributed by atoms with Gasteiger partial charge in [-0.25, -0.2) is 4.79 Å². The molecule has 0 atom stereocenters. The van der Waals surface area contributed by atoms with Gasteiger partial charge in [-0.2, -0.15) is 10.2 Å². The van der Waals surface area contributed by atoms with Gasteiger partial charge in [0.05, 0.1) is 11.4 Å². The molecule has 1 amide bonds. The van der Waals surface area contributed by atoms with E-state index in [1.165, 1.54) is 0 Å². The Hall–Kier alpha value is -4.26. The Bertz CT molecular complexity index is 1170. The number of esters is 1. The van der Waals surface area contributed by atoms with Crippen molar-refractivity contribution >= 4 is 39.8 Å². The molecule has 0 fully saturated rings. The maximum Gasteiger partial charge on any atom is 0.355 e. The lowest BCUT2D eigenvalue weighted by molar-refractivity contribution is -0.119. The summed E-state index contributed by atoms with van der Waals surface area (Å²) in [6.45, 7) is -0.385. The van der Waals surface area contributed by atoms with Gasteiger partial charge >= 0.3 is 5.97 Å². The highest BCUT2D eigenvalue weighted by molar-refractivity contribution is 5.97. The van der Waals surface area contributed by atoms with Gasteiger partial charge in [-0.1, -0.05) is 36.4 Å². The third-order valence-corrected chi connectivity index (χ3v) is 4.27. The zero-order chi connectivity index (χ0) is 20.8. The number of nitrogens with zero attached hydrogens (tertiary/aromatic N) is 2. The monoisotopic (exact) mass is 398 g/mol. The number of azo groups is 1. The van der Waals surface area contributed by atoms with Crippen LogP contribution >= 0.6 is 0 Å². The van der Waals surface area contributed by atoms with E-state index in [9.17, 15) is 9.59 Å². The number of hydrogen-bond donors (Lipinski definition) is 2. The minimum absolute atomic E-state index is 0.303. The van der Waals surface area contributed by atoms with E-state index < -0.39 is 11.9 Å². The summed E-state index contributed by atoms with van der Waals surface area (Å²) in [5, 5.41) is 11.9. The number of carbonyl (C=O) groups excluding carboxylic acids is 2. The molecule has 0 radical (unpaired) electrons. The van der Waals surface area contributed by atoms with Gasteiger partial charge in [0.25, 0.3) is 5.91 Å². The molecule has 0 spiro atoms. The largest absolute Gasteiger partial charge is 0.451 e. The summed E-state index contributed by atoms with van der Waals surface area (Å²) in [5.41, 5.74) is 3.12. The van der Waals surface area contributed by atoms with E-state index >= 15 is 0 Å². The highest BCUT2D eigenvalue weighted by Crippen LogP contribution is 2.20. The average molecular weight is 398 g/mol. The molecule has 4 rings (SSSR count). The number of hydrogen-bond acceptors (Lipinski definition) is 5. The number of H-pyrrole nitrogens is 1. The summed E-state index contributed by atoms with van der Waals surface area (Å²) in [7, 11) is 0. The lowest BCUT2D eigenvalue weighted by Crippen LogP contribution is -2.21. The molecule has 30 heavy (non-hydrogen) atoms. The molecule has 7 heteroatoms. The summed E-state index contributed by atoms with van der Waals surface area (Å²) in [5.74, 6) is -1.02. The van der Waals surface area contributed by atoms with Crippen molar-refractivity contribution in [1.82, 2.24) is 4.98 Å². The predicted octanol–water partition coefficient (Wildman–Crippen LogP) is 5.38. The van der Waals surface area contributed by atoms with Crippen molar-refractivity contribution in [2.45, 2.75) is 0 Å². The van der Waals surface area contributed by atoms with E-state index in [-0.39, 0.29) is 6.61 Å². The lowest BCUT2D eigenvalue weighted by atomic mass is 10.2. The Morgan fingerprint density at radius 1 is 0.833 bits per heavy atom. The number of rotatable bonds is 6. The van der Waals surface area contributed by atoms with Crippen molar-refractivity contribution in [3.8, 4) is 0 Å². The highest BCUT2D eigenvalue weighted by Gasteiger charge is 2.13. The third-order valence-electron chi connectivity index (χ3n) is 4.27. The Balaban J connectivity index is 1.29. The summed E-state index contributed by atoms with van der Waals surface area (Å²) < 4.78 is 5.09. The molecule has 0 bridgehead atoms. The van der Waals surface area contributed by atoms with Crippen LogP contribution in [0.4, 0.5) is 17.1 Å². The van der Waals surface area contributed by atoms with Gasteiger partial charge in [-0.3, -0.25) is 4.79 Å². The van der Waals surface area contributed by atoms with Crippen LogP contribution in [0.5, 0.6) is 0 Å². The molecule has 0 aliphatic rings. The van der Waals surface area contributed by atoms with Gasteiger partial charge in [-0.15, -0.1) is 0 Å². The fourth-order valence-corrected chi connectivity index (χ4v) is 2.81. The number of aromatic amines is 1. The van der Waals surface area contributed by atoms with Crippen molar-refractivity contribution < 1.29 is 14.3 Å². The number of para-hydroxylation sites is 1. The molecule has 0 saturated carbocycles. The minimum atomic E-state index is -0.585. The van der Waals surface area contributed by atoms with Gasteiger partial charge < -0.3 is 15.0 Å². The molecule has 2 N–H and O–H groups in total. The molecule has 148 valence electrons. The van der Waals surface area contributed by atoms with E-state index in [1.807, 2.05) is 54.6 Å². The first-order valence-corrected chi connectivity index (χ1v) is 9.29. The van der Waals surface area contributed by atoms with E-state index in [0.717, 1.165) is 16.6 Å². The molecule has 1 heterocycles. The maximum atomic E-state index is 12.1. The van der Waals surface area contributed by atoms with Crippen LogP contribution in [0.1, 0.15) is 10.5 Å². The van der Waals surface area contributed by atoms with Gasteiger partial charge in [0.1, 0.15) is 5.69 Å². The van der Waals surface area contributed by atoms with Gasteiger partial charge in [0.2, 0.25) is 0 Å². The molecule has 4 aromatic rings. The summed E-state index contributed by atoms with van der Waals surface area (Å²) in [6, 6.07) is 25.5. The first-order chi connectivity index (χ1) is 14.7. The summed E-state index contributed by atoms with van der Waals surface area (Å²) >= 11 is 0. The molecular formula is C23H18N4O3. The van der Waals surface area contributed by atoms with Crippen LogP contribution < -0.4 is 5.32 Å². The highest BCUT2D eigenvalue weighted by atomic mass is 16.5. The number of benzene rings is 3. The molecule has 1 aromatic heterocycles. The van der Waals surface area contributed by atoms with Gasteiger partial charge in [0, 0.05) is 16.6 Å². The maximum absolute atomic E-state index is 12.1. The third kappa shape index (κ3) is 4.77. The molecule has 7 nitrogen and oxygen atoms in total. The number of nitrogens with one attached hydrogen (secondary N) is 2. The van der Waals surface area contributed by atoms with Crippen LogP contribution in [0, 0.1) is 0 Å². The van der Waals surface area contributed by atoms with E-state index in [4.69, 9.17) is 4.74 Å². The number of carbonyl (C=O) groups is 2. The van der Waals surface area contributed by atoms with Crippen molar-refractivity contribution in [3.05, 3.63) is 90.6 Å². The van der Waals surface area contributed by atoms with Gasteiger partial charge in [-0.05, 0) is 48.5 Å². The number of fused-ring (bicyclic) bond motifs is 1. The Kier molecular flexibility index (Phi) is 5.61. The number of aromatic nitrogens is 1. The molecular weight excluding hydrogens is 380 g/mol. The second-order valence-corrected chi connectivity index (χ2v) is 6.48. The van der Waals surface area contributed by atoms with Crippen molar-refractivity contribution in [2.75, 3.05) is 11.9 Å². The molecule has 0 saturated heterocycles. The first-order valence-electron chi connectivity index (χ1n) is 9.29. The number of ether oxygens (including phenoxy) is 1. The normalized spacial score (nSPS) is 10.9.